The third kappa shape index (κ3) is 5.44. The van der Waals surface area contributed by atoms with Gasteiger partial charge in [-0.15, -0.1) is 0 Å². The summed E-state index contributed by atoms with van der Waals surface area (Å²) in [4.78, 5) is 44.5. The van der Waals surface area contributed by atoms with Crippen LogP contribution < -0.4 is 5.32 Å². The first kappa shape index (κ1) is 20.9. The summed E-state index contributed by atoms with van der Waals surface area (Å²) in [5.74, 6) is -1.12. The number of hydrogen-bond acceptors (Lipinski definition) is 5. The first-order chi connectivity index (χ1) is 11.8. The molecule has 0 saturated heterocycles. The Labute approximate surface area is 149 Å². The van der Waals surface area contributed by atoms with Crippen LogP contribution in [0.5, 0.6) is 0 Å². The van der Waals surface area contributed by atoms with Crippen LogP contribution in [0.25, 0.3) is 0 Å². The average molecular weight is 347 g/mol. The Balaban J connectivity index is 0.00000151. The lowest BCUT2D eigenvalue weighted by Crippen LogP contribution is -2.49. The molecule has 1 aromatic heterocycles. The van der Waals surface area contributed by atoms with Crippen molar-refractivity contribution < 1.29 is 14.4 Å². The maximum atomic E-state index is 12.4. The van der Waals surface area contributed by atoms with Crippen molar-refractivity contribution in [1.82, 2.24) is 15.3 Å². The van der Waals surface area contributed by atoms with E-state index in [4.69, 9.17) is 0 Å². The van der Waals surface area contributed by atoms with Gasteiger partial charge in [-0.25, -0.2) is 4.98 Å². The van der Waals surface area contributed by atoms with Gasteiger partial charge in [-0.05, 0) is 11.8 Å². The summed E-state index contributed by atoms with van der Waals surface area (Å²) in [7, 11) is 0. The predicted molar refractivity (Wildman–Crippen MR) is 96.0 cm³/mol. The summed E-state index contributed by atoms with van der Waals surface area (Å²) in [6.07, 6.45) is 5.24. The molecule has 0 aliphatic heterocycles. The van der Waals surface area contributed by atoms with Crippen molar-refractivity contribution in [2.75, 3.05) is 0 Å². The second kappa shape index (κ2) is 8.83. The lowest BCUT2D eigenvalue weighted by atomic mass is 9.83. The second-order valence-corrected chi connectivity index (χ2v) is 7.03. The van der Waals surface area contributed by atoms with E-state index in [1.54, 1.807) is 6.92 Å². The van der Waals surface area contributed by atoms with Gasteiger partial charge in [0.15, 0.2) is 11.6 Å². The van der Waals surface area contributed by atoms with Gasteiger partial charge in [-0.3, -0.25) is 19.4 Å². The number of aromatic nitrogens is 2. The van der Waals surface area contributed by atoms with E-state index in [0.717, 1.165) is 0 Å². The Morgan fingerprint density at radius 1 is 1.20 bits per heavy atom. The van der Waals surface area contributed by atoms with Gasteiger partial charge in [-0.2, -0.15) is 0 Å². The van der Waals surface area contributed by atoms with Crippen LogP contribution in [0.3, 0.4) is 0 Å². The first-order valence-corrected chi connectivity index (χ1v) is 8.89. The molecule has 2 rings (SSSR count). The second-order valence-electron chi connectivity index (χ2n) is 7.03. The number of rotatable bonds is 6. The third-order valence-corrected chi connectivity index (χ3v) is 4.10. The monoisotopic (exact) mass is 347 g/mol. The number of carbonyl (C=O) groups is 3. The van der Waals surface area contributed by atoms with Gasteiger partial charge in [0.05, 0.1) is 12.2 Å². The highest BCUT2D eigenvalue weighted by Gasteiger charge is 2.49. The number of Topliss-reactive ketones (excluding diaryl/α,β-unsaturated/α-hetero) is 2. The molecular weight excluding hydrogens is 318 g/mol. The molecule has 1 aliphatic rings. The van der Waals surface area contributed by atoms with Gasteiger partial charge < -0.3 is 5.32 Å². The highest BCUT2D eigenvalue weighted by molar-refractivity contribution is 6.02. The van der Waals surface area contributed by atoms with Crippen molar-refractivity contribution in [3.05, 3.63) is 24.3 Å². The van der Waals surface area contributed by atoms with Gasteiger partial charge in [0.1, 0.15) is 5.69 Å². The molecule has 2 unspecified atom stereocenters. The Bertz CT molecular complexity index is 608. The molecule has 1 heterocycles. The minimum atomic E-state index is -0.534. The molecule has 6 nitrogen and oxygen atoms in total. The fourth-order valence-corrected chi connectivity index (χ4v) is 2.62. The predicted octanol–water partition coefficient (Wildman–Crippen LogP) is 2.83. The van der Waals surface area contributed by atoms with E-state index < -0.39 is 6.04 Å². The Kier molecular flexibility index (Phi) is 7.39. The smallest absolute Gasteiger partial charge is 0.224 e. The van der Waals surface area contributed by atoms with Crippen molar-refractivity contribution in [1.29, 1.82) is 0 Å². The molecule has 1 amide bonds. The molecule has 138 valence electrons. The molecule has 6 heteroatoms. The zero-order chi connectivity index (χ0) is 19.2. The summed E-state index contributed by atoms with van der Waals surface area (Å²) in [6.45, 7) is 11.5. The maximum absolute atomic E-state index is 12.4. The largest absolute Gasteiger partial charge is 0.345 e. The summed E-state index contributed by atoms with van der Waals surface area (Å²) in [5, 5.41) is 2.83. The van der Waals surface area contributed by atoms with Crippen LogP contribution >= 0.6 is 0 Å². The highest BCUT2D eigenvalue weighted by atomic mass is 16.2. The zero-order valence-corrected chi connectivity index (χ0v) is 16.0. The Hall–Kier alpha value is -2.11. The molecule has 1 N–H and O–H groups in total. The van der Waals surface area contributed by atoms with Gasteiger partial charge in [0, 0.05) is 30.7 Å². The molecule has 1 fully saturated rings. The van der Waals surface area contributed by atoms with Crippen molar-refractivity contribution in [3.63, 3.8) is 0 Å². The molecular formula is C19H29N3O3. The molecule has 1 saturated carbocycles. The van der Waals surface area contributed by atoms with Crippen LogP contribution in [0.1, 0.15) is 64.9 Å². The minimum absolute atomic E-state index is 0.00306. The van der Waals surface area contributed by atoms with Crippen molar-refractivity contribution in [2.24, 2.45) is 17.3 Å². The lowest BCUT2D eigenvalue weighted by molar-refractivity contribution is -0.130. The van der Waals surface area contributed by atoms with Gasteiger partial charge in [0.2, 0.25) is 5.91 Å². The van der Waals surface area contributed by atoms with Crippen LogP contribution in [0.2, 0.25) is 0 Å². The zero-order valence-electron chi connectivity index (χ0n) is 16.0. The molecule has 25 heavy (non-hydrogen) atoms. The summed E-state index contributed by atoms with van der Waals surface area (Å²) in [5.41, 5.74) is -0.0768. The molecule has 0 bridgehead atoms. The number of ketones is 2. The molecule has 0 spiro atoms. The Morgan fingerprint density at radius 2 is 1.84 bits per heavy atom. The fourth-order valence-electron chi connectivity index (χ4n) is 2.62. The van der Waals surface area contributed by atoms with Crippen molar-refractivity contribution in [3.8, 4) is 0 Å². The lowest BCUT2D eigenvalue weighted by Gasteiger charge is -2.30. The van der Waals surface area contributed by atoms with E-state index in [1.807, 2.05) is 34.6 Å². The van der Waals surface area contributed by atoms with Crippen LogP contribution in [0, 0.1) is 17.3 Å². The number of nitrogens with one attached hydrogen (secondary N) is 1. The van der Waals surface area contributed by atoms with Gasteiger partial charge in [-0.1, -0.05) is 41.5 Å². The van der Waals surface area contributed by atoms with Crippen molar-refractivity contribution >= 4 is 17.5 Å². The maximum Gasteiger partial charge on any atom is 0.224 e. The molecule has 1 aliphatic carbocycles. The highest BCUT2D eigenvalue weighted by Crippen LogP contribution is 2.41. The van der Waals surface area contributed by atoms with E-state index in [0.29, 0.717) is 12.8 Å². The quantitative estimate of drug-likeness (QED) is 0.799. The van der Waals surface area contributed by atoms with Crippen LogP contribution in [0.4, 0.5) is 0 Å². The van der Waals surface area contributed by atoms with E-state index in [1.165, 1.54) is 18.6 Å². The van der Waals surface area contributed by atoms with E-state index in [9.17, 15) is 14.4 Å². The summed E-state index contributed by atoms with van der Waals surface area (Å²) < 4.78 is 0. The molecule has 0 aromatic carbocycles. The van der Waals surface area contributed by atoms with E-state index >= 15 is 0 Å². The first-order valence-electron chi connectivity index (χ1n) is 8.89. The number of carbonyl (C=O) groups excluding carboxylic acids is 3. The number of nitrogens with zero attached hydrogens (tertiary/aromatic N) is 2. The number of amides is 1. The van der Waals surface area contributed by atoms with Crippen LogP contribution in [0.15, 0.2) is 18.6 Å². The van der Waals surface area contributed by atoms with E-state index in [2.05, 4.69) is 15.3 Å². The minimum Gasteiger partial charge on any atom is -0.345 e. The molecule has 0 radical (unpaired) electrons. The van der Waals surface area contributed by atoms with Gasteiger partial charge in [0.25, 0.3) is 0 Å². The standard InChI is InChI=1S/C17H23N3O3.C2H6/c1-5-13(21)15(17(2,3)4)20-16(23)11-8-10(11)14(22)12-9-18-6-7-19-12;1-2/h6-7,9-11,15H,5,8H2,1-4H3,(H,20,23);1-2H3/t10-,11?,15?;/m1./s1. The Morgan fingerprint density at radius 3 is 2.32 bits per heavy atom. The molecule has 3 atom stereocenters. The molecule has 1 aromatic rings. The summed E-state index contributed by atoms with van der Waals surface area (Å²) in [6, 6.07) is -0.534. The fraction of sp³-hybridized carbons (Fsp3) is 0.632. The van der Waals surface area contributed by atoms with Crippen LogP contribution in [-0.2, 0) is 9.59 Å². The van der Waals surface area contributed by atoms with Crippen molar-refractivity contribution in [2.45, 2.75) is 60.4 Å². The average Bonchev–Trinajstić information content (AvgIpc) is 3.40. The summed E-state index contributed by atoms with van der Waals surface area (Å²) >= 11 is 0. The SMILES string of the molecule is CC.CCC(=O)C(NC(=O)C1C[C@H]1C(=O)c1cnccn1)C(C)(C)C. The van der Waals surface area contributed by atoms with Gasteiger partial charge >= 0.3 is 0 Å². The normalized spacial score (nSPS) is 19.9. The number of hydrogen-bond donors (Lipinski definition) is 1. The topological polar surface area (TPSA) is 89.0 Å². The van der Waals surface area contributed by atoms with Crippen LogP contribution in [-0.4, -0.2) is 33.5 Å². The van der Waals surface area contributed by atoms with E-state index in [-0.39, 0.29) is 40.4 Å². The third-order valence-electron chi connectivity index (χ3n) is 4.10.